The monoisotopic (exact) mass is 461 g/mol. The number of benzene rings is 2. The number of nitrogens with one attached hydrogen (secondary N) is 1. The maximum absolute atomic E-state index is 13.5. The van der Waals surface area contributed by atoms with Gasteiger partial charge < -0.3 is 10.1 Å². The summed E-state index contributed by atoms with van der Waals surface area (Å²) in [4.78, 5) is 18.2. The number of hydrogen-bond acceptors (Lipinski definition) is 4. The molecule has 2 aromatic rings. The van der Waals surface area contributed by atoms with E-state index >= 15 is 0 Å². The number of hydrogen-bond donors (Lipinski definition) is 1. The fourth-order valence-corrected chi connectivity index (χ4v) is 6.64. The van der Waals surface area contributed by atoms with Gasteiger partial charge in [-0.2, -0.15) is 0 Å². The topological polar surface area (TPSA) is 44.8 Å². The van der Waals surface area contributed by atoms with Crippen LogP contribution in [-0.4, -0.2) is 65.3 Å². The molecule has 1 amide bonds. The highest BCUT2D eigenvalue weighted by atomic mass is 16.6. The zero-order valence-corrected chi connectivity index (χ0v) is 21.0. The first kappa shape index (κ1) is 23.4. The molecule has 0 radical (unpaired) electrons. The van der Waals surface area contributed by atoms with Gasteiger partial charge in [0.25, 0.3) is 0 Å². The molecule has 3 aliphatic heterocycles. The highest BCUT2D eigenvalue weighted by Gasteiger charge is 2.57. The van der Waals surface area contributed by atoms with Gasteiger partial charge in [0.15, 0.2) is 0 Å². The number of piperidine rings is 1. The van der Waals surface area contributed by atoms with Crippen LogP contribution >= 0.6 is 0 Å². The molecule has 5 nitrogen and oxygen atoms in total. The Morgan fingerprint density at radius 3 is 2.12 bits per heavy atom. The minimum absolute atomic E-state index is 0.0340. The van der Waals surface area contributed by atoms with Crippen molar-refractivity contribution in [2.24, 2.45) is 0 Å². The first-order valence-corrected chi connectivity index (χ1v) is 12.8. The van der Waals surface area contributed by atoms with Crippen molar-refractivity contribution in [1.29, 1.82) is 0 Å². The fraction of sp³-hybridized carbons (Fsp3) is 0.552. The molecule has 2 bridgehead atoms. The number of nitrogens with zero attached hydrogens (tertiary/aromatic N) is 2. The Kier molecular flexibility index (Phi) is 6.19. The molecule has 0 aliphatic carbocycles. The van der Waals surface area contributed by atoms with Gasteiger partial charge in [-0.25, -0.2) is 4.79 Å². The highest BCUT2D eigenvalue weighted by molar-refractivity contribution is 5.69. The smallest absolute Gasteiger partial charge is 0.410 e. The number of amides is 1. The van der Waals surface area contributed by atoms with E-state index in [1.54, 1.807) is 0 Å². The number of fused-ring (bicyclic) bond motifs is 2. The maximum Gasteiger partial charge on any atom is 0.410 e. The van der Waals surface area contributed by atoms with Crippen LogP contribution < -0.4 is 5.32 Å². The van der Waals surface area contributed by atoms with Gasteiger partial charge in [-0.3, -0.25) is 9.80 Å². The molecule has 3 heterocycles. The van der Waals surface area contributed by atoms with E-state index in [0.29, 0.717) is 6.04 Å². The third-order valence-electron chi connectivity index (χ3n) is 8.25. The number of rotatable bonds is 5. The van der Waals surface area contributed by atoms with E-state index in [2.05, 4.69) is 82.8 Å². The van der Waals surface area contributed by atoms with Gasteiger partial charge >= 0.3 is 6.09 Å². The van der Waals surface area contributed by atoms with Gasteiger partial charge in [-0.1, -0.05) is 60.7 Å². The van der Waals surface area contributed by atoms with Gasteiger partial charge in [0.1, 0.15) is 5.60 Å². The lowest BCUT2D eigenvalue weighted by Gasteiger charge is -2.54. The normalized spacial score (nSPS) is 27.4. The lowest BCUT2D eigenvalue weighted by molar-refractivity contribution is -0.0357. The number of ether oxygens (including phenoxy) is 1. The van der Waals surface area contributed by atoms with Crippen LogP contribution in [0.25, 0.3) is 0 Å². The maximum atomic E-state index is 13.5. The molecule has 3 unspecified atom stereocenters. The fourth-order valence-electron chi connectivity index (χ4n) is 6.64. The molecule has 0 aromatic heterocycles. The van der Waals surface area contributed by atoms with Crippen LogP contribution in [0.4, 0.5) is 4.79 Å². The highest BCUT2D eigenvalue weighted by Crippen LogP contribution is 2.54. The summed E-state index contributed by atoms with van der Waals surface area (Å²) < 4.78 is 5.94. The molecule has 5 heteroatoms. The summed E-state index contributed by atoms with van der Waals surface area (Å²) in [6, 6.07) is 22.8. The minimum Gasteiger partial charge on any atom is -0.444 e. The van der Waals surface area contributed by atoms with Crippen molar-refractivity contribution in [1.82, 2.24) is 15.1 Å². The standard InChI is InChI=1S/C29H39N3O2/c1-28(2,3)34-27(33)32(25-19-30-20-25)24-17-23-15-16-29(18-24,31(23)4)26(21-11-7-5-8-12-21)22-13-9-6-10-14-22/h5-14,23-26,30H,15-20H2,1-4H3. The first-order valence-electron chi connectivity index (χ1n) is 12.8. The van der Waals surface area contributed by atoms with Gasteiger partial charge in [-0.15, -0.1) is 0 Å². The van der Waals surface area contributed by atoms with E-state index in [9.17, 15) is 4.79 Å². The second-order valence-electron chi connectivity index (χ2n) is 11.5. The predicted molar refractivity (Wildman–Crippen MR) is 136 cm³/mol. The van der Waals surface area contributed by atoms with E-state index in [4.69, 9.17) is 4.74 Å². The molecule has 0 saturated carbocycles. The summed E-state index contributed by atoms with van der Waals surface area (Å²) in [5.74, 6) is 0.257. The molecule has 34 heavy (non-hydrogen) atoms. The minimum atomic E-state index is -0.495. The summed E-state index contributed by atoms with van der Waals surface area (Å²) in [6.07, 6.45) is 4.14. The summed E-state index contributed by atoms with van der Waals surface area (Å²) in [7, 11) is 2.31. The Morgan fingerprint density at radius 2 is 1.62 bits per heavy atom. The second-order valence-corrected chi connectivity index (χ2v) is 11.5. The van der Waals surface area contributed by atoms with Crippen LogP contribution in [0.3, 0.4) is 0 Å². The van der Waals surface area contributed by atoms with Crippen LogP contribution in [-0.2, 0) is 4.74 Å². The third-order valence-corrected chi connectivity index (χ3v) is 8.25. The molecular weight excluding hydrogens is 422 g/mol. The zero-order valence-electron chi connectivity index (χ0n) is 21.0. The van der Waals surface area contributed by atoms with Crippen molar-refractivity contribution in [2.75, 3.05) is 20.1 Å². The van der Waals surface area contributed by atoms with E-state index in [1.165, 1.54) is 17.5 Å². The van der Waals surface area contributed by atoms with Crippen molar-refractivity contribution >= 4 is 6.09 Å². The SMILES string of the molecule is CN1C2CCC1(C(c1ccccc1)c1ccccc1)CC(N(C(=O)OC(C)(C)C)C1CNC1)C2. The number of carbonyl (C=O) groups is 1. The van der Waals surface area contributed by atoms with Gasteiger partial charge in [0.05, 0.1) is 6.04 Å². The summed E-state index contributed by atoms with van der Waals surface area (Å²) in [5.41, 5.74) is 2.19. The van der Waals surface area contributed by atoms with E-state index in [-0.39, 0.29) is 29.6 Å². The second kappa shape index (κ2) is 9.01. The van der Waals surface area contributed by atoms with Crippen molar-refractivity contribution in [3.63, 3.8) is 0 Å². The Balaban J connectivity index is 1.54. The molecular formula is C29H39N3O2. The zero-order chi connectivity index (χ0) is 23.9. The lowest BCUT2D eigenvalue weighted by Crippen LogP contribution is -2.66. The van der Waals surface area contributed by atoms with Crippen molar-refractivity contribution in [3.05, 3.63) is 71.8 Å². The molecule has 5 rings (SSSR count). The van der Waals surface area contributed by atoms with Gasteiger partial charge in [0.2, 0.25) is 0 Å². The van der Waals surface area contributed by atoms with Crippen molar-refractivity contribution in [2.45, 2.75) is 81.6 Å². The largest absolute Gasteiger partial charge is 0.444 e. The van der Waals surface area contributed by atoms with E-state index < -0.39 is 5.60 Å². The molecule has 0 spiro atoms. The summed E-state index contributed by atoms with van der Waals surface area (Å²) >= 11 is 0. The van der Waals surface area contributed by atoms with Crippen LogP contribution in [0.2, 0.25) is 0 Å². The van der Waals surface area contributed by atoms with Crippen LogP contribution in [0, 0.1) is 0 Å². The Labute approximate surface area is 204 Å². The predicted octanol–water partition coefficient (Wildman–Crippen LogP) is 5.02. The van der Waals surface area contributed by atoms with Crippen molar-refractivity contribution in [3.8, 4) is 0 Å². The molecule has 3 fully saturated rings. The quantitative estimate of drug-likeness (QED) is 0.679. The summed E-state index contributed by atoms with van der Waals surface area (Å²) in [6.45, 7) is 7.59. The van der Waals surface area contributed by atoms with Gasteiger partial charge in [-0.05, 0) is 64.6 Å². The Morgan fingerprint density at radius 1 is 1.03 bits per heavy atom. The van der Waals surface area contributed by atoms with Gasteiger partial charge in [0, 0.05) is 36.6 Å². The van der Waals surface area contributed by atoms with Crippen molar-refractivity contribution < 1.29 is 9.53 Å². The average molecular weight is 462 g/mol. The third kappa shape index (κ3) is 4.25. The molecule has 3 atom stereocenters. The molecule has 3 saturated heterocycles. The van der Waals surface area contributed by atoms with E-state index in [1.807, 2.05) is 20.8 Å². The Bertz CT molecular complexity index is 946. The first-order chi connectivity index (χ1) is 16.3. The number of likely N-dealkylation sites (N-methyl/N-ethyl adjacent to an activating group) is 1. The molecule has 182 valence electrons. The summed E-state index contributed by atoms with van der Waals surface area (Å²) in [5, 5.41) is 3.37. The Hall–Kier alpha value is -2.37. The molecule has 1 N–H and O–H groups in total. The molecule has 2 aromatic carbocycles. The number of carbonyl (C=O) groups excluding carboxylic acids is 1. The van der Waals surface area contributed by atoms with E-state index in [0.717, 1.165) is 32.4 Å². The molecule has 3 aliphatic rings. The van der Waals surface area contributed by atoms with Crippen LogP contribution in [0.5, 0.6) is 0 Å². The lowest BCUT2D eigenvalue weighted by atomic mass is 9.69. The van der Waals surface area contributed by atoms with Crippen LogP contribution in [0.1, 0.15) is 63.5 Å². The van der Waals surface area contributed by atoms with Crippen LogP contribution in [0.15, 0.2) is 60.7 Å². The average Bonchev–Trinajstić information content (AvgIpc) is 2.94.